The van der Waals surface area contributed by atoms with Crippen molar-refractivity contribution < 1.29 is 22.7 Å². The molecule has 40 heavy (non-hydrogen) atoms. The molecular formula is C29H39ClN4O5S. The highest BCUT2D eigenvalue weighted by atomic mass is 35.5. The van der Waals surface area contributed by atoms with Gasteiger partial charge in [0.1, 0.15) is 11.8 Å². The number of sulfonamides is 1. The zero-order chi connectivity index (χ0) is 29.4. The van der Waals surface area contributed by atoms with Crippen LogP contribution in [0.25, 0.3) is 0 Å². The van der Waals surface area contributed by atoms with Crippen LogP contribution >= 0.6 is 11.6 Å². The molecule has 2 atom stereocenters. The molecule has 1 fully saturated rings. The van der Waals surface area contributed by atoms with Gasteiger partial charge in [-0.15, -0.1) is 0 Å². The van der Waals surface area contributed by atoms with Gasteiger partial charge in [-0.2, -0.15) is 4.31 Å². The summed E-state index contributed by atoms with van der Waals surface area (Å²) in [5.74, 6) is -0.262. The summed E-state index contributed by atoms with van der Waals surface area (Å²) in [6, 6.07) is 5.79. The zero-order valence-electron chi connectivity index (χ0n) is 24.0. The van der Waals surface area contributed by atoms with Gasteiger partial charge < -0.3 is 20.7 Å². The summed E-state index contributed by atoms with van der Waals surface area (Å²) in [4.78, 5) is 26.4. The summed E-state index contributed by atoms with van der Waals surface area (Å²) in [5, 5.41) is 9.69. The standard InChI is InChI=1S/C29H39ClN4O5S/c1-17-11-18(2)27(19(3)12-17)40(37,38)34-9-8-31-28(36)24(34)15-26(35)33-23-7-10-39-25-13-20(16-32-29(4,5)6)22(30)14-21(23)25/h11-14,23-24,32H,7-10,15-16H2,1-6H3,(H,31,36)(H,33,35)/t23-,24-/m1/s1. The Morgan fingerprint density at radius 2 is 1.82 bits per heavy atom. The van der Waals surface area contributed by atoms with Gasteiger partial charge in [0, 0.05) is 42.2 Å². The van der Waals surface area contributed by atoms with Crippen molar-refractivity contribution in [1.29, 1.82) is 0 Å². The topological polar surface area (TPSA) is 117 Å². The first-order chi connectivity index (χ1) is 18.7. The van der Waals surface area contributed by atoms with E-state index < -0.39 is 27.9 Å². The number of nitrogens with one attached hydrogen (secondary N) is 3. The number of benzene rings is 2. The third-order valence-electron chi connectivity index (χ3n) is 7.19. The molecule has 0 unspecified atom stereocenters. The Labute approximate surface area is 242 Å². The molecule has 0 spiro atoms. The Morgan fingerprint density at radius 3 is 2.48 bits per heavy atom. The third-order valence-corrected chi connectivity index (χ3v) is 9.76. The monoisotopic (exact) mass is 590 g/mol. The lowest BCUT2D eigenvalue weighted by Gasteiger charge is -2.35. The van der Waals surface area contributed by atoms with E-state index in [2.05, 4.69) is 36.7 Å². The van der Waals surface area contributed by atoms with Crippen LogP contribution in [-0.4, -0.2) is 55.8 Å². The van der Waals surface area contributed by atoms with Gasteiger partial charge in [-0.25, -0.2) is 8.42 Å². The van der Waals surface area contributed by atoms with Crippen molar-refractivity contribution in [2.24, 2.45) is 0 Å². The highest BCUT2D eigenvalue weighted by molar-refractivity contribution is 7.89. The van der Waals surface area contributed by atoms with Crippen molar-refractivity contribution in [3.8, 4) is 5.75 Å². The number of hydrogen-bond acceptors (Lipinski definition) is 6. The molecule has 1 saturated heterocycles. The molecule has 2 heterocycles. The Balaban J connectivity index is 1.54. The molecule has 0 radical (unpaired) electrons. The quantitative estimate of drug-likeness (QED) is 0.453. The van der Waals surface area contributed by atoms with Gasteiger partial charge in [0.2, 0.25) is 21.8 Å². The fourth-order valence-electron chi connectivity index (χ4n) is 5.39. The minimum Gasteiger partial charge on any atom is -0.493 e. The van der Waals surface area contributed by atoms with Crippen molar-refractivity contribution in [3.63, 3.8) is 0 Å². The maximum Gasteiger partial charge on any atom is 0.244 e. The maximum atomic E-state index is 13.8. The molecule has 0 bridgehead atoms. The van der Waals surface area contributed by atoms with Crippen LogP contribution in [0.4, 0.5) is 0 Å². The Morgan fingerprint density at radius 1 is 1.15 bits per heavy atom. The van der Waals surface area contributed by atoms with Crippen molar-refractivity contribution in [1.82, 2.24) is 20.3 Å². The molecule has 2 amide bonds. The van der Waals surface area contributed by atoms with Crippen LogP contribution in [-0.2, 0) is 26.2 Å². The lowest BCUT2D eigenvalue weighted by atomic mass is 9.97. The predicted molar refractivity (Wildman–Crippen MR) is 155 cm³/mol. The molecular weight excluding hydrogens is 552 g/mol. The lowest BCUT2D eigenvalue weighted by molar-refractivity contribution is -0.132. The van der Waals surface area contributed by atoms with Crippen LogP contribution in [0.1, 0.15) is 67.5 Å². The Hall–Kier alpha value is -2.66. The summed E-state index contributed by atoms with van der Waals surface area (Å²) in [6.07, 6.45) is 0.221. The first kappa shape index (κ1) is 30.3. The number of carbonyl (C=O) groups excluding carboxylic acids is 2. The van der Waals surface area contributed by atoms with Crippen LogP contribution in [0, 0.1) is 20.8 Å². The van der Waals surface area contributed by atoms with Gasteiger partial charge in [0.25, 0.3) is 0 Å². The van der Waals surface area contributed by atoms with Crippen LogP contribution in [0.2, 0.25) is 5.02 Å². The van der Waals surface area contributed by atoms with Crippen molar-refractivity contribution in [2.45, 2.75) is 83.4 Å². The first-order valence-corrected chi connectivity index (χ1v) is 15.4. The van der Waals surface area contributed by atoms with E-state index in [-0.39, 0.29) is 36.0 Å². The minimum atomic E-state index is -4.03. The second-order valence-corrected chi connectivity index (χ2v) is 13.9. The van der Waals surface area contributed by atoms with Crippen LogP contribution in [0.5, 0.6) is 5.75 Å². The summed E-state index contributed by atoms with van der Waals surface area (Å²) in [5.41, 5.74) is 3.74. The Kier molecular flexibility index (Phi) is 8.85. The van der Waals surface area contributed by atoms with Crippen LogP contribution < -0.4 is 20.7 Å². The number of carbonyl (C=O) groups is 2. The number of halogens is 1. The summed E-state index contributed by atoms with van der Waals surface area (Å²) >= 11 is 6.59. The summed E-state index contributed by atoms with van der Waals surface area (Å²) in [7, 11) is -4.03. The van der Waals surface area contributed by atoms with Crippen LogP contribution in [0.15, 0.2) is 29.2 Å². The minimum absolute atomic E-state index is 0.0831. The average Bonchev–Trinajstić information content (AvgIpc) is 2.83. The van der Waals surface area contributed by atoms with E-state index in [1.54, 1.807) is 13.8 Å². The fourth-order valence-corrected chi connectivity index (χ4v) is 7.63. The summed E-state index contributed by atoms with van der Waals surface area (Å²) in [6.45, 7) is 12.9. The second-order valence-electron chi connectivity index (χ2n) is 11.7. The molecule has 9 nitrogen and oxygen atoms in total. The molecule has 0 aliphatic carbocycles. The molecule has 3 N–H and O–H groups in total. The molecule has 218 valence electrons. The number of nitrogens with zero attached hydrogens (tertiary/aromatic N) is 1. The number of rotatable bonds is 7. The largest absolute Gasteiger partial charge is 0.493 e. The van der Waals surface area contributed by atoms with Gasteiger partial charge in [-0.3, -0.25) is 9.59 Å². The molecule has 11 heteroatoms. The lowest BCUT2D eigenvalue weighted by Crippen LogP contribution is -2.58. The second kappa shape index (κ2) is 11.7. The van der Waals surface area contributed by atoms with E-state index in [0.717, 1.165) is 16.7 Å². The van der Waals surface area contributed by atoms with Gasteiger partial charge in [-0.05, 0) is 70.4 Å². The van der Waals surface area contributed by atoms with Gasteiger partial charge in [0.05, 0.1) is 24.0 Å². The average molecular weight is 591 g/mol. The van der Waals surface area contributed by atoms with E-state index in [9.17, 15) is 18.0 Å². The van der Waals surface area contributed by atoms with Crippen molar-refractivity contribution in [2.75, 3.05) is 19.7 Å². The van der Waals surface area contributed by atoms with Crippen LogP contribution in [0.3, 0.4) is 0 Å². The highest BCUT2D eigenvalue weighted by Crippen LogP contribution is 2.37. The number of amides is 2. The van der Waals surface area contributed by atoms with E-state index in [0.29, 0.717) is 41.5 Å². The Bertz CT molecular complexity index is 1400. The van der Waals surface area contributed by atoms with E-state index in [1.807, 2.05) is 31.2 Å². The van der Waals surface area contributed by atoms with Gasteiger partial charge in [0.15, 0.2) is 0 Å². The molecule has 4 rings (SSSR count). The zero-order valence-corrected chi connectivity index (χ0v) is 25.6. The van der Waals surface area contributed by atoms with Gasteiger partial charge >= 0.3 is 0 Å². The van der Waals surface area contributed by atoms with E-state index in [1.165, 1.54) is 4.31 Å². The number of ether oxygens (including phenoxy) is 1. The molecule has 2 aromatic carbocycles. The molecule has 0 saturated carbocycles. The van der Waals surface area contributed by atoms with E-state index >= 15 is 0 Å². The normalized spacial score (nSPS) is 19.9. The molecule has 2 aromatic rings. The molecule has 0 aromatic heterocycles. The van der Waals surface area contributed by atoms with Crippen molar-refractivity contribution in [3.05, 3.63) is 57.1 Å². The van der Waals surface area contributed by atoms with Gasteiger partial charge in [-0.1, -0.05) is 29.3 Å². The highest BCUT2D eigenvalue weighted by Gasteiger charge is 2.41. The smallest absolute Gasteiger partial charge is 0.244 e. The van der Waals surface area contributed by atoms with E-state index in [4.69, 9.17) is 16.3 Å². The maximum absolute atomic E-state index is 13.8. The predicted octanol–water partition coefficient (Wildman–Crippen LogP) is 3.67. The SMILES string of the molecule is Cc1cc(C)c(S(=O)(=O)N2CCNC(=O)[C@H]2CC(=O)N[C@@H]2CCOc3cc(CNC(C)(C)C)c(Cl)cc32)c(C)c1. The number of fused-ring (bicyclic) bond motifs is 1. The number of aryl methyl sites for hydroxylation is 3. The summed E-state index contributed by atoms with van der Waals surface area (Å²) < 4.78 is 34.6. The first-order valence-electron chi connectivity index (χ1n) is 13.5. The fraction of sp³-hybridized carbons (Fsp3) is 0.517. The molecule has 2 aliphatic rings. The number of hydrogen-bond donors (Lipinski definition) is 3. The molecule has 2 aliphatic heterocycles. The number of piperazine rings is 1. The third kappa shape index (κ3) is 6.62. The van der Waals surface area contributed by atoms with Crippen molar-refractivity contribution >= 4 is 33.4 Å².